The normalized spacial score (nSPS) is 14.6. The molecule has 1 aliphatic carbocycles. The molecule has 1 aromatic carbocycles. The summed E-state index contributed by atoms with van der Waals surface area (Å²) in [6.45, 7) is 5.11. The van der Waals surface area contributed by atoms with Crippen molar-refractivity contribution in [1.29, 1.82) is 0 Å². The largest absolute Gasteiger partial charge is 0.348 e. The van der Waals surface area contributed by atoms with Crippen LogP contribution in [0.2, 0.25) is 0 Å². The molecule has 0 fully saturated rings. The summed E-state index contributed by atoms with van der Waals surface area (Å²) in [5, 5.41) is 18.2. The Bertz CT molecular complexity index is 857. The molecule has 0 saturated heterocycles. The summed E-state index contributed by atoms with van der Waals surface area (Å²) in [6.07, 6.45) is 4.69. The lowest BCUT2D eigenvalue weighted by molar-refractivity contribution is -0.386. The van der Waals surface area contributed by atoms with Gasteiger partial charge in [0.05, 0.1) is 11.0 Å². The molecule has 138 valence electrons. The highest BCUT2D eigenvalue weighted by atomic mass is 16.6. The molecule has 7 heteroatoms. The van der Waals surface area contributed by atoms with Gasteiger partial charge in [0.1, 0.15) is 17.9 Å². The van der Waals surface area contributed by atoms with E-state index >= 15 is 0 Å². The molecule has 7 nitrogen and oxygen atoms in total. The standard InChI is InChI=1S/C19H24N4O3/c1-12(16-9-8-15-6-4-5-7-17(15)10-16)20-18(24)11-22-14(3)19(23(25)26)13(2)21-22/h8-10,12H,4-7,11H2,1-3H3,(H,20,24). The fourth-order valence-corrected chi connectivity index (χ4v) is 3.63. The summed E-state index contributed by atoms with van der Waals surface area (Å²) in [6, 6.07) is 6.30. The molecule has 3 rings (SSSR count). The smallest absolute Gasteiger partial charge is 0.312 e. The highest BCUT2D eigenvalue weighted by molar-refractivity contribution is 5.76. The topological polar surface area (TPSA) is 90.1 Å². The zero-order valence-corrected chi connectivity index (χ0v) is 15.4. The van der Waals surface area contributed by atoms with Crippen LogP contribution in [-0.2, 0) is 24.2 Å². The van der Waals surface area contributed by atoms with Gasteiger partial charge >= 0.3 is 5.69 Å². The lowest BCUT2D eigenvalue weighted by Crippen LogP contribution is -2.31. The van der Waals surface area contributed by atoms with Crippen molar-refractivity contribution in [3.63, 3.8) is 0 Å². The highest BCUT2D eigenvalue weighted by Crippen LogP contribution is 2.25. The van der Waals surface area contributed by atoms with E-state index in [1.165, 1.54) is 28.7 Å². The van der Waals surface area contributed by atoms with Gasteiger partial charge in [-0.1, -0.05) is 18.2 Å². The van der Waals surface area contributed by atoms with E-state index in [4.69, 9.17) is 0 Å². The van der Waals surface area contributed by atoms with Crippen molar-refractivity contribution in [1.82, 2.24) is 15.1 Å². The van der Waals surface area contributed by atoms with Gasteiger partial charge in [-0.15, -0.1) is 0 Å². The average molecular weight is 356 g/mol. The van der Waals surface area contributed by atoms with E-state index in [0.717, 1.165) is 18.4 Å². The fourth-order valence-electron chi connectivity index (χ4n) is 3.63. The van der Waals surface area contributed by atoms with Crippen molar-refractivity contribution in [2.75, 3.05) is 0 Å². The molecular weight excluding hydrogens is 332 g/mol. The Morgan fingerprint density at radius 2 is 2.00 bits per heavy atom. The predicted molar refractivity (Wildman–Crippen MR) is 98.0 cm³/mol. The number of rotatable bonds is 5. The van der Waals surface area contributed by atoms with Crippen LogP contribution in [0.15, 0.2) is 18.2 Å². The SMILES string of the molecule is Cc1nn(CC(=O)NC(C)c2ccc3c(c2)CCCC3)c(C)c1[N+](=O)[O-]. The minimum atomic E-state index is -0.457. The number of amides is 1. The highest BCUT2D eigenvalue weighted by Gasteiger charge is 2.23. The van der Waals surface area contributed by atoms with Crippen LogP contribution in [0.3, 0.4) is 0 Å². The van der Waals surface area contributed by atoms with Gasteiger partial charge in [0.25, 0.3) is 0 Å². The van der Waals surface area contributed by atoms with Crippen molar-refractivity contribution in [3.8, 4) is 0 Å². The Balaban J connectivity index is 1.68. The van der Waals surface area contributed by atoms with Crippen molar-refractivity contribution in [3.05, 3.63) is 56.4 Å². The van der Waals surface area contributed by atoms with E-state index in [9.17, 15) is 14.9 Å². The molecule has 0 bridgehead atoms. The molecule has 1 N–H and O–H groups in total. The number of nitrogens with zero attached hydrogens (tertiary/aromatic N) is 3. The number of fused-ring (bicyclic) bond motifs is 1. The van der Waals surface area contributed by atoms with Gasteiger partial charge in [0.2, 0.25) is 5.91 Å². The van der Waals surface area contributed by atoms with E-state index in [1.807, 2.05) is 6.92 Å². The van der Waals surface area contributed by atoms with Crippen LogP contribution >= 0.6 is 0 Å². The van der Waals surface area contributed by atoms with Crippen LogP contribution in [0.25, 0.3) is 0 Å². The number of aromatic nitrogens is 2. The Labute approximate surface area is 152 Å². The summed E-state index contributed by atoms with van der Waals surface area (Å²) in [7, 11) is 0. The van der Waals surface area contributed by atoms with Crippen LogP contribution in [0, 0.1) is 24.0 Å². The second-order valence-corrected chi connectivity index (χ2v) is 6.96. The summed E-state index contributed by atoms with van der Waals surface area (Å²) in [5.41, 5.74) is 4.56. The molecule has 1 aromatic heterocycles. The van der Waals surface area contributed by atoms with Crippen LogP contribution < -0.4 is 5.32 Å². The Morgan fingerprint density at radius 3 is 2.65 bits per heavy atom. The van der Waals surface area contributed by atoms with E-state index in [0.29, 0.717) is 11.4 Å². The van der Waals surface area contributed by atoms with Crippen molar-refractivity contribution in [2.24, 2.45) is 0 Å². The van der Waals surface area contributed by atoms with Gasteiger partial charge in [-0.2, -0.15) is 5.10 Å². The third-order valence-corrected chi connectivity index (χ3v) is 5.07. The molecule has 0 aliphatic heterocycles. The molecule has 26 heavy (non-hydrogen) atoms. The van der Waals surface area contributed by atoms with Gasteiger partial charge in [-0.25, -0.2) is 0 Å². The third-order valence-electron chi connectivity index (χ3n) is 5.07. The first-order valence-electron chi connectivity index (χ1n) is 8.96. The molecule has 1 amide bonds. The maximum absolute atomic E-state index is 12.4. The van der Waals surface area contributed by atoms with Gasteiger partial charge in [-0.3, -0.25) is 19.6 Å². The van der Waals surface area contributed by atoms with E-state index in [-0.39, 0.29) is 24.2 Å². The number of hydrogen-bond acceptors (Lipinski definition) is 4. The second kappa shape index (κ2) is 7.27. The number of nitro groups is 1. The number of aryl methyl sites for hydroxylation is 3. The van der Waals surface area contributed by atoms with Crippen LogP contribution in [0.1, 0.15) is 53.9 Å². The summed E-state index contributed by atoms with van der Waals surface area (Å²) in [4.78, 5) is 23.0. The molecule has 1 heterocycles. The fraction of sp³-hybridized carbons (Fsp3) is 0.474. The maximum atomic E-state index is 12.4. The predicted octanol–water partition coefficient (Wildman–Crippen LogP) is 3.16. The van der Waals surface area contributed by atoms with Crippen molar-refractivity contribution >= 4 is 11.6 Å². The summed E-state index contributed by atoms with van der Waals surface area (Å²) >= 11 is 0. The molecular formula is C19H24N4O3. The van der Waals surface area contributed by atoms with E-state index in [1.54, 1.807) is 13.8 Å². The van der Waals surface area contributed by atoms with Crippen LogP contribution in [-0.4, -0.2) is 20.6 Å². The van der Waals surface area contributed by atoms with E-state index in [2.05, 4.69) is 28.6 Å². The van der Waals surface area contributed by atoms with Gasteiger partial charge in [0.15, 0.2) is 0 Å². The van der Waals surface area contributed by atoms with Crippen LogP contribution in [0.4, 0.5) is 5.69 Å². The van der Waals surface area contributed by atoms with Crippen molar-refractivity contribution < 1.29 is 9.72 Å². The van der Waals surface area contributed by atoms with Gasteiger partial charge < -0.3 is 5.32 Å². The minimum absolute atomic E-state index is 0.0273. The summed E-state index contributed by atoms with van der Waals surface area (Å²) in [5.74, 6) is -0.212. The molecule has 0 spiro atoms. The van der Waals surface area contributed by atoms with E-state index < -0.39 is 4.92 Å². The average Bonchev–Trinajstić information content (AvgIpc) is 2.87. The first kappa shape index (κ1) is 18.1. The quantitative estimate of drug-likeness (QED) is 0.658. The van der Waals surface area contributed by atoms with Crippen LogP contribution in [0.5, 0.6) is 0 Å². The molecule has 0 saturated carbocycles. The summed E-state index contributed by atoms with van der Waals surface area (Å²) < 4.78 is 1.39. The molecule has 1 atom stereocenters. The Morgan fingerprint density at radius 1 is 1.31 bits per heavy atom. The zero-order valence-electron chi connectivity index (χ0n) is 15.4. The number of hydrogen-bond donors (Lipinski definition) is 1. The lowest BCUT2D eigenvalue weighted by Gasteiger charge is -2.20. The molecule has 2 aromatic rings. The number of benzene rings is 1. The molecule has 1 unspecified atom stereocenters. The lowest BCUT2D eigenvalue weighted by atomic mass is 9.89. The second-order valence-electron chi connectivity index (χ2n) is 6.96. The molecule has 1 aliphatic rings. The Hall–Kier alpha value is -2.70. The van der Waals surface area contributed by atoms with Gasteiger partial charge in [-0.05, 0) is 63.1 Å². The number of carbonyl (C=O) groups is 1. The number of carbonyl (C=O) groups excluding carboxylic acids is 1. The number of nitrogens with one attached hydrogen (secondary N) is 1. The van der Waals surface area contributed by atoms with Gasteiger partial charge in [0, 0.05) is 0 Å². The monoisotopic (exact) mass is 356 g/mol. The first-order valence-corrected chi connectivity index (χ1v) is 8.96. The maximum Gasteiger partial charge on any atom is 0.312 e. The first-order chi connectivity index (χ1) is 12.4. The Kier molecular flexibility index (Phi) is 5.06. The molecule has 0 radical (unpaired) electrons. The van der Waals surface area contributed by atoms with Crippen molar-refractivity contribution in [2.45, 2.75) is 59.0 Å². The zero-order chi connectivity index (χ0) is 18.8. The minimum Gasteiger partial charge on any atom is -0.348 e. The third kappa shape index (κ3) is 3.61.